The zero-order valence-electron chi connectivity index (χ0n) is 8.58. The van der Waals surface area contributed by atoms with Crippen LogP contribution in [-0.2, 0) is 9.53 Å². The number of carbonyl (C=O) groups excluding carboxylic acids is 1. The van der Waals surface area contributed by atoms with Gasteiger partial charge in [-0.05, 0) is 12.8 Å². The highest BCUT2D eigenvalue weighted by Crippen LogP contribution is 2.41. The van der Waals surface area contributed by atoms with Gasteiger partial charge in [-0.25, -0.2) is 0 Å². The Kier molecular flexibility index (Phi) is 3.28. The monoisotopic (exact) mass is 192 g/mol. The van der Waals surface area contributed by atoms with Crippen molar-refractivity contribution in [2.75, 3.05) is 7.11 Å². The van der Waals surface area contributed by atoms with Crippen LogP contribution in [0.15, 0.2) is 37.1 Å². The van der Waals surface area contributed by atoms with Crippen molar-refractivity contribution in [2.45, 2.75) is 19.3 Å². The molecule has 0 aromatic rings. The van der Waals surface area contributed by atoms with Crippen LogP contribution in [-0.4, -0.2) is 12.9 Å². The second-order valence-electron chi connectivity index (χ2n) is 3.62. The zero-order valence-corrected chi connectivity index (χ0v) is 8.58. The van der Waals surface area contributed by atoms with Crippen LogP contribution in [0, 0.1) is 5.41 Å². The zero-order chi connectivity index (χ0) is 10.6. The molecule has 1 aliphatic carbocycles. The highest BCUT2D eigenvalue weighted by atomic mass is 16.5. The lowest BCUT2D eigenvalue weighted by atomic mass is 9.78. The Hall–Kier alpha value is -1.31. The maximum absolute atomic E-state index is 11.8. The van der Waals surface area contributed by atoms with Crippen molar-refractivity contribution >= 4 is 5.78 Å². The van der Waals surface area contributed by atoms with Crippen molar-refractivity contribution in [3.63, 3.8) is 0 Å². The van der Waals surface area contributed by atoms with E-state index < -0.39 is 0 Å². The van der Waals surface area contributed by atoms with E-state index in [0.717, 1.165) is 5.76 Å². The molecule has 0 fully saturated rings. The third-order valence-electron chi connectivity index (χ3n) is 2.66. The van der Waals surface area contributed by atoms with Gasteiger partial charge in [0.15, 0.2) is 5.78 Å². The lowest BCUT2D eigenvalue weighted by molar-refractivity contribution is -0.122. The lowest BCUT2D eigenvalue weighted by Crippen LogP contribution is -2.25. The largest absolute Gasteiger partial charge is 0.501 e. The van der Waals surface area contributed by atoms with Gasteiger partial charge in [0.05, 0.1) is 7.11 Å². The van der Waals surface area contributed by atoms with Crippen molar-refractivity contribution in [1.82, 2.24) is 0 Å². The fraction of sp³-hybridized carbons (Fsp3) is 0.417. The van der Waals surface area contributed by atoms with Crippen LogP contribution in [0.1, 0.15) is 19.3 Å². The molecule has 0 spiro atoms. The van der Waals surface area contributed by atoms with Crippen LogP contribution < -0.4 is 0 Å². The van der Waals surface area contributed by atoms with Gasteiger partial charge in [0.2, 0.25) is 0 Å². The molecule has 0 amide bonds. The number of rotatable bonds is 5. The topological polar surface area (TPSA) is 26.3 Å². The third-order valence-corrected chi connectivity index (χ3v) is 2.66. The predicted octanol–water partition coefficient (Wildman–Crippen LogP) is 2.63. The Bertz CT molecular complexity index is 277. The summed E-state index contributed by atoms with van der Waals surface area (Å²) in [6.45, 7) is 7.37. The van der Waals surface area contributed by atoms with Crippen LogP contribution in [0.25, 0.3) is 0 Å². The van der Waals surface area contributed by atoms with E-state index in [1.165, 1.54) is 0 Å². The normalized spacial score (nSPS) is 18.9. The molecule has 1 aliphatic rings. The molecule has 2 heteroatoms. The second-order valence-corrected chi connectivity index (χ2v) is 3.62. The molecule has 0 unspecified atom stereocenters. The summed E-state index contributed by atoms with van der Waals surface area (Å²) in [6.07, 6.45) is 7.19. The molecule has 0 saturated carbocycles. The molecule has 1 rings (SSSR count). The summed E-state index contributed by atoms with van der Waals surface area (Å²) in [4.78, 5) is 11.8. The van der Waals surface area contributed by atoms with E-state index in [9.17, 15) is 4.79 Å². The molecule has 0 atom stereocenters. The van der Waals surface area contributed by atoms with Crippen LogP contribution in [0.4, 0.5) is 0 Å². The Balaban J connectivity index is 2.87. The molecular weight excluding hydrogens is 176 g/mol. The molecule has 0 N–H and O–H groups in total. The van der Waals surface area contributed by atoms with Gasteiger partial charge in [-0.1, -0.05) is 12.2 Å². The minimum absolute atomic E-state index is 0.133. The molecule has 2 nitrogen and oxygen atoms in total. The van der Waals surface area contributed by atoms with Crippen molar-refractivity contribution in [3.05, 3.63) is 37.1 Å². The molecule has 0 radical (unpaired) electrons. The van der Waals surface area contributed by atoms with Gasteiger partial charge in [0.1, 0.15) is 5.76 Å². The first-order valence-electron chi connectivity index (χ1n) is 4.69. The van der Waals surface area contributed by atoms with Gasteiger partial charge in [-0.3, -0.25) is 4.79 Å². The minimum atomic E-state index is -0.366. The van der Waals surface area contributed by atoms with Crippen molar-refractivity contribution < 1.29 is 9.53 Å². The summed E-state index contributed by atoms with van der Waals surface area (Å²) in [5.74, 6) is 0.896. The van der Waals surface area contributed by atoms with Gasteiger partial charge in [-0.2, -0.15) is 0 Å². The first-order chi connectivity index (χ1) is 6.68. The van der Waals surface area contributed by atoms with Crippen LogP contribution in [0.3, 0.4) is 0 Å². The maximum Gasteiger partial charge on any atom is 0.166 e. The predicted molar refractivity (Wildman–Crippen MR) is 56.8 cm³/mol. The van der Waals surface area contributed by atoms with Gasteiger partial charge in [-0.15, -0.1) is 13.2 Å². The smallest absolute Gasteiger partial charge is 0.166 e. The fourth-order valence-corrected chi connectivity index (χ4v) is 1.88. The molecule has 14 heavy (non-hydrogen) atoms. The number of carbonyl (C=O) groups is 1. The number of hydrogen-bond acceptors (Lipinski definition) is 2. The highest BCUT2D eigenvalue weighted by Gasteiger charge is 2.40. The van der Waals surface area contributed by atoms with Crippen LogP contribution >= 0.6 is 0 Å². The summed E-state index contributed by atoms with van der Waals surface area (Å²) < 4.78 is 5.10. The first kappa shape index (κ1) is 10.8. The number of ether oxygens (including phenoxy) is 1. The Labute approximate surface area is 85.0 Å². The standard InChI is InChI=1S/C12H16O2/c1-4-6-12(7-5-2)9-10(14-3)8-11(12)13/h4-5,8H,1-2,6-7,9H2,3H3. The SMILES string of the molecule is C=CCC1(CC=C)CC(OC)=CC1=O. The molecule has 0 aromatic carbocycles. The maximum atomic E-state index is 11.8. The van der Waals surface area contributed by atoms with Crippen molar-refractivity contribution in [3.8, 4) is 0 Å². The first-order valence-corrected chi connectivity index (χ1v) is 4.69. The number of methoxy groups -OCH3 is 1. The average molecular weight is 192 g/mol. The second kappa shape index (κ2) is 4.27. The molecule has 0 aromatic heterocycles. The molecular formula is C12H16O2. The summed E-state index contributed by atoms with van der Waals surface area (Å²) in [5.41, 5.74) is -0.366. The van der Waals surface area contributed by atoms with Gasteiger partial charge < -0.3 is 4.74 Å². The van der Waals surface area contributed by atoms with E-state index in [0.29, 0.717) is 19.3 Å². The summed E-state index contributed by atoms with van der Waals surface area (Å²) >= 11 is 0. The Morgan fingerprint density at radius 3 is 2.43 bits per heavy atom. The van der Waals surface area contributed by atoms with Crippen LogP contribution in [0.2, 0.25) is 0 Å². The Morgan fingerprint density at radius 2 is 2.07 bits per heavy atom. The molecule has 76 valence electrons. The third kappa shape index (κ3) is 1.79. The molecule has 0 bridgehead atoms. The molecule has 0 saturated heterocycles. The fourth-order valence-electron chi connectivity index (χ4n) is 1.88. The van der Waals surface area contributed by atoms with E-state index >= 15 is 0 Å². The number of allylic oxidation sites excluding steroid dienone is 4. The van der Waals surface area contributed by atoms with Crippen molar-refractivity contribution in [2.24, 2.45) is 5.41 Å². The molecule has 0 aliphatic heterocycles. The summed E-state index contributed by atoms with van der Waals surface area (Å²) in [7, 11) is 1.59. The molecule has 0 heterocycles. The number of hydrogen-bond donors (Lipinski definition) is 0. The van der Waals surface area contributed by atoms with E-state index in [1.807, 2.05) is 0 Å². The minimum Gasteiger partial charge on any atom is -0.501 e. The van der Waals surface area contributed by atoms with Gasteiger partial charge in [0, 0.05) is 17.9 Å². The number of ketones is 1. The van der Waals surface area contributed by atoms with Gasteiger partial charge in [0.25, 0.3) is 0 Å². The average Bonchev–Trinajstić information content (AvgIpc) is 2.45. The van der Waals surface area contributed by atoms with Crippen molar-refractivity contribution in [1.29, 1.82) is 0 Å². The van der Waals surface area contributed by atoms with E-state index in [4.69, 9.17) is 4.74 Å². The Morgan fingerprint density at radius 1 is 1.50 bits per heavy atom. The van der Waals surface area contributed by atoms with Gasteiger partial charge >= 0.3 is 0 Å². The van der Waals surface area contributed by atoms with E-state index in [1.54, 1.807) is 25.3 Å². The summed E-state index contributed by atoms with van der Waals surface area (Å²) in [5, 5.41) is 0. The van der Waals surface area contributed by atoms with E-state index in [2.05, 4.69) is 13.2 Å². The lowest BCUT2D eigenvalue weighted by Gasteiger charge is -2.24. The summed E-state index contributed by atoms with van der Waals surface area (Å²) in [6, 6.07) is 0. The highest BCUT2D eigenvalue weighted by molar-refractivity contribution is 5.98. The van der Waals surface area contributed by atoms with Crippen LogP contribution in [0.5, 0.6) is 0 Å². The quantitative estimate of drug-likeness (QED) is 0.626. The van der Waals surface area contributed by atoms with E-state index in [-0.39, 0.29) is 11.2 Å².